The van der Waals surface area contributed by atoms with E-state index in [2.05, 4.69) is 15.9 Å². The zero-order valence-corrected chi connectivity index (χ0v) is 14.1. The molecule has 1 heterocycles. The molecule has 0 radical (unpaired) electrons. The highest BCUT2D eigenvalue weighted by Crippen LogP contribution is 2.34. The van der Waals surface area contributed by atoms with Crippen LogP contribution in [0.5, 0.6) is 0 Å². The van der Waals surface area contributed by atoms with Gasteiger partial charge in [-0.05, 0) is 35.9 Å². The molecule has 7 heteroatoms. The Hall–Kier alpha value is -1.99. The van der Waals surface area contributed by atoms with Crippen molar-refractivity contribution in [2.45, 2.75) is 17.4 Å². The molecule has 0 fully saturated rings. The molecule has 23 heavy (non-hydrogen) atoms. The maximum absolute atomic E-state index is 12.6. The van der Waals surface area contributed by atoms with Crippen molar-refractivity contribution in [1.29, 1.82) is 0 Å². The molecule has 0 amide bonds. The molecule has 5 nitrogen and oxygen atoms in total. The van der Waals surface area contributed by atoms with Gasteiger partial charge in [0, 0.05) is 21.4 Å². The first-order valence-electron chi connectivity index (χ1n) is 6.76. The SMILES string of the molecule is O=C(O)c1ccc(CC2C(=O)c3cc(Br)ccc3S[N+]2=O)cc1. The smallest absolute Gasteiger partial charge is 0.335 e. The predicted octanol–water partition coefficient (Wildman–Crippen LogP) is 3.74. The fourth-order valence-electron chi connectivity index (χ4n) is 2.38. The van der Waals surface area contributed by atoms with E-state index >= 15 is 0 Å². The number of nitroso groups, excluding NO2 is 1. The number of carboxylic acid groups (broad SMARTS) is 1. The summed E-state index contributed by atoms with van der Waals surface area (Å²) in [7, 11) is 0. The number of aromatic carboxylic acids is 1. The van der Waals surface area contributed by atoms with Gasteiger partial charge in [-0.15, -0.1) is 0 Å². The van der Waals surface area contributed by atoms with E-state index in [0.717, 1.165) is 22.0 Å². The van der Waals surface area contributed by atoms with Crippen LogP contribution in [0.1, 0.15) is 26.3 Å². The van der Waals surface area contributed by atoms with Crippen LogP contribution in [-0.2, 0) is 6.42 Å². The van der Waals surface area contributed by atoms with Crippen LogP contribution in [0, 0.1) is 4.91 Å². The molecule has 1 aliphatic rings. The Balaban J connectivity index is 1.87. The lowest BCUT2D eigenvalue weighted by atomic mass is 9.97. The molecule has 2 aromatic rings. The Labute approximate surface area is 144 Å². The number of ketones is 1. The van der Waals surface area contributed by atoms with Gasteiger partial charge in [-0.2, -0.15) is 0 Å². The number of carboxylic acids is 1. The van der Waals surface area contributed by atoms with Crippen LogP contribution in [0.4, 0.5) is 0 Å². The highest BCUT2D eigenvalue weighted by molar-refractivity contribution is 9.10. The molecular weight excluding hydrogens is 382 g/mol. The maximum atomic E-state index is 12.6. The minimum absolute atomic E-state index is 0.173. The summed E-state index contributed by atoms with van der Waals surface area (Å²) in [6.45, 7) is 0. The average Bonchev–Trinajstić information content (AvgIpc) is 2.53. The minimum Gasteiger partial charge on any atom is -0.478 e. The molecule has 116 valence electrons. The van der Waals surface area contributed by atoms with Gasteiger partial charge < -0.3 is 5.11 Å². The van der Waals surface area contributed by atoms with E-state index in [4.69, 9.17) is 5.11 Å². The number of rotatable bonds is 3. The van der Waals surface area contributed by atoms with Crippen molar-refractivity contribution < 1.29 is 18.9 Å². The maximum Gasteiger partial charge on any atom is 0.335 e. The first kappa shape index (κ1) is 15.9. The Morgan fingerprint density at radius 1 is 1.22 bits per heavy atom. The van der Waals surface area contributed by atoms with Crippen LogP contribution in [0.15, 0.2) is 51.8 Å². The average molecular weight is 393 g/mol. The lowest BCUT2D eigenvalue weighted by Gasteiger charge is -2.15. The Morgan fingerprint density at radius 3 is 2.57 bits per heavy atom. The molecule has 3 rings (SSSR count). The lowest BCUT2D eigenvalue weighted by Crippen LogP contribution is -2.35. The summed E-state index contributed by atoms with van der Waals surface area (Å²) in [6.07, 6.45) is 0.237. The first-order valence-corrected chi connectivity index (χ1v) is 8.32. The topological polar surface area (TPSA) is 74.4 Å². The van der Waals surface area contributed by atoms with Crippen LogP contribution in [0.25, 0.3) is 0 Å². The van der Waals surface area contributed by atoms with Gasteiger partial charge in [0.15, 0.2) is 0 Å². The molecule has 0 saturated heterocycles. The number of hydrogen-bond donors (Lipinski definition) is 1. The second-order valence-corrected chi connectivity index (χ2v) is 7.00. The number of nitrogens with zero attached hydrogens (tertiary/aromatic N) is 1. The fraction of sp³-hybridized carbons (Fsp3) is 0.125. The third-order valence-electron chi connectivity index (χ3n) is 3.58. The van der Waals surface area contributed by atoms with E-state index in [9.17, 15) is 14.5 Å². The van der Waals surface area contributed by atoms with E-state index in [0.29, 0.717) is 14.6 Å². The van der Waals surface area contributed by atoms with Crippen LogP contribution >= 0.6 is 27.9 Å². The van der Waals surface area contributed by atoms with Gasteiger partial charge in [-0.25, -0.2) is 4.79 Å². The van der Waals surface area contributed by atoms with Gasteiger partial charge >= 0.3 is 5.97 Å². The highest BCUT2D eigenvalue weighted by Gasteiger charge is 2.42. The van der Waals surface area contributed by atoms with Crippen molar-refractivity contribution in [3.05, 3.63) is 68.5 Å². The third-order valence-corrected chi connectivity index (χ3v) is 5.06. The van der Waals surface area contributed by atoms with Crippen molar-refractivity contribution >= 4 is 39.6 Å². The lowest BCUT2D eigenvalue weighted by molar-refractivity contribution is -0.402. The minimum atomic E-state index is -1.01. The Kier molecular flexibility index (Phi) is 4.32. The second-order valence-electron chi connectivity index (χ2n) is 5.10. The zero-order valence-electron chi connectivity index (χ0n) is 11.7. The molecule has 2 aromatic carbocycles. The van der Waals surface area contributed by atoms with Gasteiger partial charge in [0.25, 0.3) is 18.0 Å². The van der Waals surface area contributed by atoms with Gasteiger partial charge in [0.05, 0.1) is 14.6 Å². The van der Waals surface area contributed by atoms with Gasteiger partial charge in [0.1, 0.15) is 0 Å². The van der Waals surface area contributed by atoms with E-state index in [1.807, 2.05) is 0 Å². The second kappa shape index (κ2) is 6.25. The van der Waals surface area contributed by atoms with E-state index in [-0.39, 0.29) is 17.8 Å². The first-order chi connectivity index (χ1) is 11.0. The van der Waals surface area contributed by atoms with E-state index in [1.54, 1.807) is 30.3 Å². The van der Waals surface area contributed by atoms with Crippen LogP contribution in [-0.4, -0.2) is 27.1 Å². The predicted molar refractivity (Wildman–Crippen MR) is 88.9 cm³/mol. The molecule has 0 aliphatic carbocycles. The standard InChI is InChI=1S/C16H10BrNO4S/c17-11-5-6-14-12(8-11)15(19)13(18(22)23-14)7-9-1-3-10(4-2-9)16(20)21/h1-6,8,13H,7H2/p+1. The molecule has 0 spiro atoms. The molecule has 0 saturated carbocycles. The molecule has 1 aliphatic heterocycles. The Bertz CT molecular complexity index is 819. The van der Waals surface area contributed by atoms with Crippen LogP contribution in [0.2, 0.25) is 0 Å². The summed E-state index contributed by atoms with van der Waals surface area (Å²) >= 11 is 4.33. The van der Waals surface area contributed by atoms with Gasteiger partial charge in [-0.1, -0.05) is 28.1 Å². The summed E-state index contributed by atoms with van der Waals surface area (Å²) < 4.78 is 1.50. The van der Waals surface area contributed by atoms with Crippen molar-refractivity contribution in [1.82, 2.24) is 0 Å². The summed E-state index contributed by atoms with van der Waals surface area (Å²) in [6, 6.07) is 10.6. The number of halogens is 1. The van der Waals surface area contributed by atoms with E-state index < -0.39 is 12.0 Å². The molecule has 1 unspecified atom stereocenters. The molecular formula is C16H11BrNO4S+. The van der Waals surface area contributed by atoms with Crippen molar-refractivity contribution in [3.63, 3.8) is 0 Å². The molecule has 1 N–H and O–H groups in total. The van der Waals surface area contributed by atoms with Crippen molar-refractivity contribution in [2.75, 3.05) is 0 Å². The quantitative estimate of drug-likeness (QED) is 0.635. The van der Waals surface area contributed by atoms with Gasteiger partial charge in [0.2, 0.25) is 5.78 Å². The number of benzene rings is 2. The summed E-state index contributed by atoms with van der Waals surface area (Å²) in [5.41, 5.74) is 1.45. The Morgan fingerprint density at radius 2 is 1.91 bits per heavy atom. The number of carbonyl (C=O) groups is 2. The van der Waals surface area contributed by atoms with E-state index in [1.165, 1.54) is 12.1 Å². The molecule has 0 bridgehead atoms. The highest BCUT2D eigenvalue weighted by atomic mass is 79.9. The fourth-order valence-corrected chi connectivity index (χ4v) is 3.62. The summed E-state index contributed by atoms with van der Waals surface area (Å²) in [5.74, 6) is -1.23. The summed E-state index contributed by atoms with van der Waals surface area (Å²) in [5, 5.41) is 8.90. The molecule has 0 aromatic heterocycles. The normalized spacial score (nSPS) is 17.0. The van der Waals surface area contributed by atoms with Crippen LogP contribution in [0.3, 0.4) is 0 Å². The third kappa shape index (κ3) is 3.20. The zero-order chi connectivity index (χ0) is 16.6. The number of Topliss-reactive ketones (excluding diaryl/α,β-unsaturated/α-hetero) is 1. The summed E-state index contributed by atoms with van der Waals surface area (Å²) in [4.78, 5) is 36.3. The number of carbonyl (C=O) groups excluding carboxylic acids is 1. The van der Waals surface area contributed by atoms with Crippen molar-refractivity contribution in [3.8, 4) is 0 Å². The van der Waals surface area contributed by atoms with Crippen LogP contribution < -0.4 is 0 Å². The molecule has 1 atom stereocenters. The van der Waals surface area contributed by atoms with Gasteiger partial charge in [-0.3, -0.25) is 4.79 Å². The number of fused-ring (bicyclic) bond motifs is 1. The largest absolute Gasteiger partial charge is 0.478 e. The van der Waals surface area contributed by atoms with Crippen molar-refractivity contribution in [2.24, 2.45) is 0 Å². The monoisotopic (exact) mass is 392 g/mol. The number of hydrogen-bond acceptors (Lipinski definition) is 4.